The summed E-state index contributed by atoms with van der Waals surface area (Å²) in [6.07, 6.45) is 2.92. The second-order valence-corrected chi connectivity index (χ2v) is 4.76. The third-order valence-electron chi connectivity index (χ3n) is 2.51. The molecule has 1 amide bonds. The van der Waals surface area contributed by atoms with E-state index in [2.05, 4.69) is 22.1 Å². The number of aromatic nitrogens is 1. The Balaban J connectivity index is 2.22. The average molecular weight is 321 g/mol. The second kappa shape index (κ2) is 7.09. The topological polar surface area (TPSA) is 62.2 Å². The van der Waals surface area contributed by atoms with Crippen LogP contribution in [0.25, 0.3) is 0 Å². The molecule has 0 atom stereocenters. The molecule has 0 saturated heterocycles. The first kappa shape index (κ1) is 15.3. The van der Waals surface area contributed by atoms with Crippen molar-refractivity contribution in [1.29, 1.82) is 0 Å². The molecule has 1 heterocycles. The predicted molar refractivity (Wildman–Crippen MR) is 82.6 cm³/mol. The number of aliphatic hydroxyl groups is 1. The molecule has 0 unspecified atom stereocenters. The van der Waals surface area contributed by atoms with Gasteiger partial charge in [-0.2, -0.15) is 0 Å². The molecule has 0 bridgehead atoms. The van der Waals surface area contributed by atoms with Crippen LogP contribution in [0.1, 0.15) is 15.9 Å². The Labute approximate surface area is 131 Å². The van der Waals surface area contributed by atoms with Crippen LogP contribution in [0.3, 0.4) is 0 Å². The summed E-state index contributed by atoms with van der Waals surface area (Å²) in [4.78, 5) is 16.1. The van der Waals surface area contributed by atoms with Crippen LogP contribution in [-0.4, -0.2) is 22.6 Å². The van der Waals surface area contributed by atoms with Gasteiger partial charge in [-0.15, -0.1) is 0 Å². The smallest absolute Gasteiger partial charge is 0.257 e. The number of amides is 1. The minimum Gasteiger partial charge on any atom is -0.384 e. The van der Waals surface area contributed by atoms with Gasteiger partial charge in [0.1, 0.15) is 6.61 Å². The molecule has 0 aliphatic carbocycles. The van der Waals surface area contributed by atoms with Crippen molar-refractivity contribution in [2.45, 2.75) is 0 Å². The van der Waals surface area contributed by atoms with Gasteiger partial charge in [0.15, 0.2) is 0 Å². The van der Waals surface area contributed by atoms with E-state index in [1.165, 1.54) is 12.4 Å². The molecule has 6 heteroatoms. The molecule has 0 saturated carbocycles. The molecule has 0 spiro atoms. The van der Waals surface area contributed by atoms with Gasteiger partial charge in [0, 0.05) is 18.0 Å². The zero-order valence-electron chi connectivity index (χ0n) is 10.7. The van der Waals surface area contributed by atoms with Crippen LogP contribution in [0.15, 0.2) is 36.7 Å². The number of anilines is 1. The Bertz CT molecular complexity index is 736. The number of carbonyl (C=O) groups is 1. The maximum absolute atomic E-state index is 12.2. The number of halogens is 2. The predicted octanol–water partition coefficient (Wildman–Crippen LogP) is 2.98. The van der Waals surface area contributed by atoms with Gasteiger partial charge in [-0.3, -0.25) is 9.78 Å². The fourth-order valence-electron chi connectivity index (χ4n) is 1.57. The van der Waals surface area contributed by atoms with Gasteiger partial charge in [-0.1, -0.05) is 41.1 Å². The zero-order chi connectivity index (χ0) is 15.2. The van der Waals surface area contributed by atoms with E-state index in [0.29, 0.717) is 21.8 Å². The molecule has 1 aromatic heterocycles. The molecule has 1 aromatic carbocycles. The highest BCUT2D eigenvalue weighted by Gasteiger charge is 2.10. The Morgan fingerprint density at radius 2 is 2.14 bits per heavy atom. The van der Waals surface area contributed by atoms with Crippen molar-refractivity contribution >= 4 is 34.8 Å². The van der Waals surface area contributed by atoms with Crippen LogP contribution in [-0.2, 0) is 0 Å². The highest BCUT2D eigenvalue weighted by atomic mass is 35.5. The number of rotatable bonds is 2. The summed E-state index contributed by atoms with van der Waals surface area (Å²) in [7, 11) is 0. The maximum atomic E-state index is 12.2. The normalized spacial score (nSPS) is 9.67. The number of hydrogen-bond donors (Lipinski definition) is 2. The van der Waals surface area contributed by atoms with Crippen molar-refractivity contribution in [3.63, 3.8) is 0 Å². The first-order valence-electron chi connectivity index (χ1n) is 5.92. The van der Waals surface area contributed by atoms with Crippen LogP contribution < -0.4 is 5.32 Å². The molecule has 106 valence electrons. The van der Waals surface area contributed by atoms with Gasteiger partial charge in [0.25, 0.3) is 5.91 Å². The lowest BCUT2D eigenvalue weighted by Gasteiger charge is -2.08. The van der Waals surface area contributed by atoms with Crippen LogP contribution in [0.5, 0.6) is 0 Å². The van der Waals surface area contributed by atoms with Crippen LogP contribution in [0, 0.1) is 11.8 Å². The zero-order valence-corrected chi connectivity index (χ0v) is 12.2. The van der Waals surface area contributed by atoms with Gasteiger partial charge >= 0.3 is 0 Å². The van der Waals surface area contributed by atoms with E-state index < -0.39 is 0 Å². The second-order valence-electron chi connectivity index (χ2n) is 3.98. The fourth-order valence-corrected chi connectivity index (χ4v) is 1.92. The highest BCUT2D eigenvalue weighted by Crippen LogP contribution is 2.29. The Hall–Kier alpha value is -2.06. The van der Waals surface area contributed by atoms with Crippen LogP contribution in [0.4, 0.5) is 5.69 Å². The Kier molecular flexibility index (Phi) is 5.18. The van der Waals surface area contributed by atoms with Gasteiger partial charge in [-0.05, 0) is 18.2 Å². The molecule has 0 aliphatic heterocycles. The summed E-state index contributed by atoms with van der Waals surface area (Å²) in [6.45, 7) is -0.255. The lowest BCUT2D eigenvalue weighted by atomic mass is 10.2. The van der Waals surface area contributed by atoms with E-state index in [1.54, 1.807) is 24.3 Å². The summed E-state index contributed by atoms with van der Waals surface area (Å²) >= 11 is 11.9. The summed E-state index contributed by atoms with van der Waals surface area (Å²) in [5, 5.41) is 11.9. The Morgan fingerprint density at radius 3 is 2.90 bits per heavy atom. The first-order chi connectivity index (χ1) is 10.1. The first-order valence-corrected chi connectivity index (χ1v) is 6.67. The summed E-state index contributed by atoms with van der Waals surface area (Å²) in [5.41, 5.74) is 1.28. The lowest BCUT2D eigenvalue weighted by Crippen LogP contribution is -2.12. The molecule has 4 nitrogen and oxygen atoms in total. The van der Waals surface area contributed by atoms with Crippen LogP contribution >= 0.6 is 23.2 Å². The summed E-state index contributed by atoms with van der Waals surface area (Å²) < 4.78 is 0. The number of nitrogens with zero attached hydrogens (tertiary/aromatic N) is 1. The SMILES string of the molecule is O=C(Nc1cccc(Cl)c1Cl)c1cncc(C#CCO)c1. The third kappa shape index (κ3) is 3.96. The molecule has 21 heavy (non-hydrogen) atoms. The minimum absolute atomic E-state index is 0.255. The van der Waals surface area contributed by atoms with Crippen molar-refractivity contribution in [2.75, 3.05) is 11.9 Å². The standard InChI is InChI=1S/C15H10Cl2N2O2/c16-12-4-1-5-13(14(12)17)19-15(21)11-7-10(3-2-6-20)8-18-9-11/h1,4-5,7-9,20H,6H2,(H,19,21). The molecular formula is C15H10Cl2N2O2. The quantitative estimate of drug-likeness (QED) is 0.836. The monoisotopic (exact) mass is 320 g/mol. The van der Waals surface area contributed by atoms with Gasteiger partial charge in [-0.25, -0.2) is 0 Å². The van der Waals surface area contributed by atoms with E-state index in [1.807, 2.05) is 0 Å². The minimum atomic E-state index is -0.376. The number of pyridine rings is 1. The summed E-state index contributed by atoms with van der Waals surface area (Å²) in [5.74, 6) is 4.80. The molecule has 2 N–H and O–H groups in total. The third-order valence-corrected chi connectivity index (χ3v) is 3.33. The molecule has 2 rings (SSSR count). The fraction of sp³-hybridized carbons (Fsp3) is 0.0667. The van der Waals surface area contributed by atoms with E-state index in [-0.39, 0.29) is 17.5 Å². The van der Waals surface area contributed by atoms with E-state index in [4.69, 9.17) is 28.3 Å². The molecule has 2 aromatic rings. The number of hydrogen-bond acceptors (Lipinski definition) is 3. The van der Waals surface area contributed by atoms with Crippen molar-refractivity contribution in [3.05, 3.63) is 57.8 Å². The molecule has 0 fully saturated rings. The van der Waals surface area contributed by atoms with E-state index in [0.717, 1.165) is 0 Å². The van der Waals surface area contributed by atoms with E-state index in [9.17, 15) is 4.79 Å². The van der Waals surface area contributed by atoms with Crippen molar-refractivity contribution < 1.29 is 9.90 Å². The van der Waals surface area contributed by atoms with E-state index >= 15 is 0 Å². The number of aliphatic hydroxyl groups excluding tert-OH is 1. The Morgan fingerprint density at radius 1 is 1.33 bits per heavy atom. The van der Waals surface area contributed by atoms with Gasteiger partial charge in [0.2, 0.25) is 0 Å². The van der Waals surface area contributed by atoms with Crippen molar-refractivity contribution in [1.82, 2.24) is 4.98 Å². The highest BCUT2D eigenvalue weighted by molar-refractivity contribution is 6.44. The molecular weight excluding hydrogens is 311 g/mol. The largest absolute Gasteiger partial charge is 0.384 e. The molecule has 0 radical (unpaired) electrons. The number of nitrogens with one attached hydrogen (secondary N) is 1. The average Bonchev–Trinajstić information content (AvgIpc) is 2.50. The van der Waals surface area contributed by atoms with Gasteiger partial charge in [0.05, 0.1) is 21.3 Å². The van der Waals surface area contributed by atoms with Crippen molar-refractivity contribution in [2.24, 2.45) is 0 Å². The van der Waals surface area contributed by atoms with Crippen LogP contribution in [0.2, 0.25) is 10.0 Å². The van der Waals surface area contributed by atoms with Crippen molar-refractivity contribution in [3.8, 4) is 11.8 Å². The molecule has 0 aliphatic rings. The van der Waals surface area contributed by atoms with Gasteiger partial charge < -0.3 is 10.4 Å². The summed E-state index contributed by atoms with van der Waals surface area (Å²) in [6, 6.07) is 6.54. The lowest BCUT2D eigenvalue weighted by molar-refractivity contribution is 0.102. The number of carbonyl (C=O) groups excluding carboxylic acids is 1. The number of benzene rings is 1. The maximum Gasteiger partial charge on any atom is 0.257 e.